The summed E-state index contributed by atoms with van der Waals surface area (Å²) in [6.07, 6.45) is 4.16. The molecule has 114 valence electrons. The van der Waals surface area contributed by atoms with Gasteiger partial charge in [0.25, 0.3) is 0 Å². The molecule has 1 aromatic carbocycles. The fourth-order valence-electron chi connectivity index (χ4n) is 2.04. The van der Waals surface area contributed by atoms with Crippen LogP contribution in [0, 0.1) is 6.92 Å². The number of aryl methyl sites for hydroxylation is 2. The van der Waals surface area contributed by atoms with E-state index in [1.807, 2.05) is 36.6 Å². The summed E-state index contributed by atoms with van der Waals surface area (Å²) in [4.78, 5) is 12.9. The van der Waals surface area contributed by atoms with E-state index >= 15 is 0 Å². The van der Waals surface area contributed by atoms with Crippen LogP contribution in [0.4, 0.5) is 5.69 Å². The summed E-state index contributed by atoms with van der Waals surface area (Å²) in [5, 5.41) is 8.07. The molecule has 0 saturated heterocycles. The molecule has 2 aromatic rings. The lowest BCUT2D eigenvalue weighted by atomic mass is 10.1. The molecule has 22 heavy (non-hydrogen) atoms. The van der Waals surface area contributed by atoms with Gasteiger partial charge in [-0.2, -0.15) is 0 Å². The number of thiocarbonyl (C=S) groups is 1. The number of para-hydroxylation sites is 1. The van der Waals surface area contributed by atoms with Gasteiger partial charge in [-0.3, -0.25) is 10.1 Å². The normalized spacial score (nSPS) is 10.6. The highest BCUT2D eigenvalue weighted by atomic mass is 32.1. The average Bonchev–Trinajstić information content (AvgIpc) is 3.00. The predicted octanol–water partition coefficient (Wildman–Crippen LogP) is 4.15. The van der Waals surface area contributed by atoms with Crippen molar-refractivity contribution in [3.05, 3.63) is 57.8 Å². The summed E-state index contributed by atoms with van der Waals surface area (Å²) in [5.41, 5.74) is 3.24. The molecule has 0 radical (unpaired) electrons. The van der Waals surface area contributed by atoms with Gasteiger partial charge in [0.15, 0.2) is 5.11 Å². The van der Waals surface area contributed by atoms with Crippen molar-refractivity contribution in [2.24, 2.45) is 0 Å². The minimum atomic E-state index is -0.238. The van der Waals surface area contributed by atoms with Crippen LogP contribution in [0.3, 0.4) is 0 Å². The van der Waals surface area contributed by atoms with Crippen molar-refractivity contribution in [3.63, 3.8) is 0 Å². The van der Waals surface area contributed by atoms with Crippen LogP contribution in [-0.4, -0.2) is 11.0 Å². The quantitative estimate of drug-likeness (QED) is 0.654. The highest BCUT2D eigenvalue weighted by Crippen LogP contribution is 2.20. The number of hydrogen-bond donors (Lipinski definition) is 2. The third-order valence-corrected chi connectivity index (χ3v) is 4.20. The SMILES string of the molecule is CCc1cccc(C)c1NC(=S)NC(=O)/C=C/c1cccs1. The van der Waals surface area contributed by atoms with E-state index in [2.05, 4.69) is 23.6 Å². The summed E-state index contributed by atoms with van der Waals surface area (Å²) in [6, 6.07) is 9.98. The van der Waals surface area contributed by atoms with E-state index in [4.69, 9.17) is 12.2 Å². The first-order chi connectivity index (χ1) is 10.6. The molecule has 2 N–H and O–H groups in total. The van der Waals surface area contributed by atoms with E-state index in [9.17, 15) is 4.79 Å². The highest BCUT2D eigenvalue weighted by Gasteiger charge is 2.07. The molecule has 1 heterocycles. The fourth-order valence-corrected chi connectivity index (χ4v) is 2.86. The number of thiophene rings is 1. The zero-order valence-corrected chi connectivity index (χ0v) is 14.2. The minimum absolute atomic E-state index is 0.238. The molecule has 1 aromatic heterocycles. The molecular weight excluding hydrogens is 312 g/mol. The molecule has 1 amide bonds. The summed E-state index contributed by atoms with van der Waals surface area (Å²) in [6.45, 7) is 4.11. The third kappa shape index (κ3) is 4.51. The van der Waals surface area contributed by atoms with Crippen molar-refractivity contribution in [3.8, 4) is 0 Å². The molecule has 0 bridgehead atoms. The van der Waals surface area contributed by atoms with E-state index in [-0.39, 0.29) is 5.91 Å². The van der Waals surface area contributed by atoms with Crippen LogP contribution in [0.1, 0.15) is 22.9 Å². The fraction of sp³-hybridized carbons (Fsp3) is 0.176. The van der Waals surface area contributed by atoms with Gasteiger partial charge >= 0.3 is 0 Å². The Hall–Kier alpha value is -1.98. The van der Waals surface area contributed by atoms with Gasteiger partial charge in [0.05, 0.1) is 0 Å². The zero-order chi connectivity index (χ0) is 15.9. The van der Waals surface area contributed by atoms with Gasteiger partial charge in [-0.05, 0) is 54.2 Å². The van der Waals surface area contributed by atoms with Crippen LogP contribution in [0.2, 0.25) is 0 Å². The smallest absolute Gasteiger partial charge is 0.250 e. The monoisotopic (exact) mass is 330 g/mol. The van der Waals surface area contributed by atoms with Crippen molar-refractivity contribution in [1.82, 2.24) is 5.32 Å². The van der Waals surface area contributed by atoms with Crippen LogP contribution in [-0.2, 0) is 11.2 Å². The van der Waals surface area contributed by atoms with Crippen molar-refractivity contribution >= 4 is 46.3 Å². The Balaban J connectivity index is 1.97. The number of hydrogen-bond acceptors (Lipinski definition) is 3. The summed E-state index contributed by atoms with van der Waals surface area (Å²) in [7, 11) is 0. The molecule has 0 aliphatic heterocycles. The first kappa shape index (κ1) is 16.4. The van der Waals surface area contributed by atoms with Gasteiger partial charge in [0.2, 0.25) is 5.91 Å². The molecule has 2 rings (SSSR count). The van der Waals surface area contributed by atoms with E-state index in [1.165, 1.54) is 11.6 Å². The Morgan fingerprint density at radius 2 is 2.14 bits per heavy atom. The molecule has 0 fully saturated rings. The lowest BCUT2D eigenvalue weighted by Crippen LogP contribution is -2.33. The number of carbonyl (C=O) groups is 1. The lowest BCUT2D eigenvalue weighted by molar-refractivity contribution is -0.115. The Bertz CT molecular complexity index is 691. The molecule has 5 heteroatoms. The lowest BCUT2D eigenvalue weighted by Gasteiger charge is -2.14. The number of carbonyl (C=O) groups excluding carboxylic acids is 1. The van der Waals surface area contributed by atoms with Gasteiger partial charge < -0.3 is 5.32 Å². The maximum atomic E-state index is 11.9. The number of rotatable bonds is 4. The topological polar surface area (TPSA) is 41.1 Å². The molecule has 3 nitrogen and oxygen atoms in total. The van der Waals surface area contributed by atoms with Crippen LogP contribution >= 0.6 is 23.6 Å². The summed E-state index contributed by atoms with van der Waals surface area (Å²) in [5.74, 6) is -0.238. The predicted molar refractivity (Wildman–Crippen MR) is 98.3 cm³/mol. The molecule has 0 aliphatic carbocycles. The van der Waals surface area contributed by atoms with Gasteiger partial charge in [-0.25, -0.2) is 0 Å². The van der Waals surface area contributed by atoms with Crippen LogP contribution in [0.5, 0.6) is 0 Å². The van der Waals surface area contributed by atoms with E-state index in [0.29, 0.717) is 5.11 Å². The van der Waals surface area contributed by atoms with Gasteiger partial charge in [-0.1, -0.05) is 31.2 Å². The Morgan fingerprint density at radius 3 is 2.82 bits per heavy atom. The summed E-state index contributed by atoms with van der Waals surface area (Å²) >= 11 is 6.80. The van der Waals surface area contributed by atoms with Crippen LogP contribution in [0.15, 0.2) is 41.8 Å². The largest absolute Gasteiger partial charge is 0.332 e. The van der Waals surface area contributed by atoms with Crippen LogP contribution < -0.4 is 10.6 Å². The Kier molecular flexibility index (Phi) is 5.86. The molecule has 0 unspecified atom stereocenters. The molecular formula is C17H18N2OS2. The zero-order valence-electron chi connectivity index (χ0n) is 12.6. The Labute approximate surface area is 140 Å². The maximum Gasteiger partial charge on any atom is 0.250 e. The summed E-state index contributed by atoms with van der Waals surface area (Å²) < 4.78 is 0. The number of nitrogens with one attached hydrogen (secondary N) is 2. The second-order valence-electron chi connectivity index (χ2n) is 4.75. The number of anilines is 1. The van der Waals surface area contributed by atoms with E-state index in [0.717, 1.165) is 22.5 Å². The molecule has 0 saturated carbocycles. The average molecular weight is 330 g/mol. The minimum Gasteiger partial charge on any atom is -0.332 e. The van der Waals surface area contributed by atoms with Crippen molar-refractivity contribution in [1.29, 1.82) is 0 Å². The first-order valence-corrected chi connectivity index (χ1v) is 8.31. The maximum absolute atomic E-state index is 11.9. The number of benzene rings is 1. The van der Waals surface area contributed by atoms with Crippen LogP contribution in [0.25, 0.3) is 6.08 Å². The second-order valence-corrected chi connectivity index (χ2v) is 6.14. The molecule has 0 spiro atoms. The molecule has 0 aliphatic rings. The number of amides is 1. The first-order valence-electron chi connectivity index (χ1n) is 7.02. The third-order valence-electron chi connectivity index (χ3n) is 3.16. The van der Waals surface area contributed by atoms with Crippen molar-refractivity contribution in [2.75, 3.05) is 5.32 Å². The van der Waals surface area contributed by atoms with Crippen molar-refractivity contribution < 1.29 is 4.79 Å². The van der Waals surface area contributed by atoms with E-state index in [1.54, 1.807) is 17.4 Å². The second kappa shape index (κ2) is 7.87. The van der Waals surface area contributed by atoms with Crippen molar-refractivity contribution in [2.45, 2.75) is 20.3 Å². The standard InChI is InChI=1S/C17H18N2OS2/c1-3-13-7-4-6-12(2)16(13)19-17(21)18-15(20)10-9-14-8-5-11-22-14/h4-11H,3H2,1-2H3,(H2,18,19,20,21)/b10-9+. The highest BCUT2D eigenvalue weighted by molar-refractivity contribution is 7.80. The van der Waals surface area contributed by atoms with Gasteiger partial charge in [-0.15, -0.1) is 11.3 Å². The van der Waals surface area contributed by atoms with Gasteiger partial charge in [0.1, 0.15) is 0 Å². The molecule has 0 atom stereocenters. The van der Waals surface area contributed by atoms with Gasteiger partial charge in [0, 0.05) is 16.6 Å². The Morgan fingerprint density at radius 1 is 1.32 bits per heavy atom. The van der Waals surface area contributed by atoms with E-state index < -0.39 is 0 Å².